The highest BCUT2D eigenvalue weighted by Gasteiger charge is 2.33. The zero-order valence-electron chi connectivity index (χ0n) is 13.1. The molecule has 1 rings (SSSR count). The number of hydrogen-bond donors (Lipinski definition) is 1. The molecule has 4 nitrogen and oxygen atoms in total. The Balaban J connectivity index is 2.82. The minimum Gasteiger partial charge on any atom is -0.353 e. The van der Waals surface area contributed by atoms with Gasteiger partial charge in [-0.15, -0.1) is 0 Å². The second-order valence-electron chi connectivity index (χ2n) is 6.04. The van der Waals surface area contributed by atoms with E-state index in [9.17, 15) is 17.6 Å². The topological polar surface area (TPSA) is 63.2 Å². The van der Waals surface area contributed by atoms with Gasteiger partial charge in [-0.3, -0.25) is 4.79 Å². The molecule has 0 heterocycles. The third-order valence-electron chi connectivity index (χ3n) is 3.47. The number of nitrogens with one attached hydrogen (secondary N) is 1. The summed E-state index contributed by atoms with van der Waals surface area (Å²) in [7, 11) is -3.08. The molecule has 22 heavy (non-hydrogen) atoms. The van der Waals surface area contributed by atoms with Crippen LogP contribution in [-0.2, 0) is 20.0 Å². The molecular formula is C15H21ClFNO3S. The predicted molar refractivity (Wildman–Crippen MR) is 86.4 cm³/mol. The first-order chi connectivity index (χ1) is 9.93. The highest BCUT2D eigenvalue weighted by molar-refractivity contribution is 7.90. The molecule has 0 radical (unpaired) electrons. The molecular weight excluding hydrogens is 329 g/mol. The Bertz CT molecular complexity index is 659. The van der Waals surface area contributed by atoms with Crippen LogP contribution in [0.4, 0.5) is 4.39 Å². The summed E-state index contributed by atoms with van der Waals surface area (Å²) >= 11 is 5.72. The van der Waals surface area contributed by atoms with Gasteiger partial charge in [0, 0.05) is 22.9 Å². The van der Waals surface area contributed by atoms with Crippen LogP contribution in [0.1, 0.15) is 32.8 Å². The highest BCUT2D eigenvalue weighted by atomic mass is 35.5. The van der Waals surface area contributed by atoms with Crippen molar-refractivity contribution in [2.45, 2.75) is 38.6 Å². The summed E-state index contributed by atoms with van der Waals surface area (Å²) in [6.45, 7) is 4.94. The fourth-order valence-electron chi connectivity index (χ4n) is 1.99. The second-order valence-corrected chi connectivity index (χ2v) is 8.74. The van der Waals surface area contributed by atoms with Crippen molar-refractivity contribution in [2.75, 3.05) is 12.0 Å². The summed E-state index contributed by atoms with van der Waals surface area (Å²) in [4.78, 5) is 12.4. The molecule has 7 heteroatoms. The number of carbonyl (C=O) groups excluding carboxylic acids is 1. The third-order valence-corrected chi connectivity index (χ3v) is 4.68. The molecule has 0 aliphatic rings. The van der Waals surface area contributed by atoms with E-state index in [0.29, 0.717) is 6.42 Å². The Kier molecular flexibility index (Phi) is 5.98. The van der Waals surface area contributed by atoms with Crippen molar-refractivity contribution in [3.05, 3.63) is 34.6 Å². The van der Waals surface area contributed by atoms with Crippen molar-refractivity contribution in [2.24, 2.45) is 0 Å². The normalized spacial score (nSPS) is 13.7. The van der Waals surface area contributed by atoms with Crippen molar-refractivity contribution < 1.29 is 17.6 Å². The maximum Gasteiger partial charge on any atom is 0.230 e. The molecule has 0 aromatic heterocycles. The van der Waals surface area contributed by atoms with Crippen LogP contribution < -0.4 is 5.32 Å². The van der Waals surface area contributed by atoms with Crippen LogP contribution in [-0.4, -0.2) is 32.4 Å². The van der Waals surface area contributed by atoms with Gasteiger partial charge in [0.1, 0.15) is 15.7 Å². The Labute approximate surface area is 136 Å². The van der Waals surface area contributed by atoms with Crippen LogP contribution in [0.25, 0.3) is 0 Å². The molecule has 0 spiro atoms. The van der Waals surface area contributed by atoms with Gasteiger partial charge in [-0.05, 0) is 39.3 Å². The first kappa shape index (κ1) is 18.9. The Hall–Kier alpha value is -1.14. The van der Waals surface area contributed by atoms with Gasteiger partial charge in [-0.25, -0.2) is 12.8 Å². The van der Waals surface area contributed by atoms with E-state index in [1.165, 1.54) is 18.2 Å². The quantitative estimate of drug-likeness (QED) is 0.858. The number of sulfone groups is 1. The van der Waals surface area contributed by atoms with Crippen LogP contribution >= 0.6 is 11.6 Å². The van der Waals surface area contributed by atoms with Crippen molar-refractivity contribution in [3.8, 4) is 0 Å². The van der Waals surface area contributed by atoms with Gasteiger partial charge in [-0.2, -0.15) is 0 Å². The zero-order valence-corrected chi connectivity index (χ0v) is 14.7. The first-order valence-electron chi connectivity index (χ1n) is 6.87. The Morgan fingerprint density at radius 1 is 1.41 bits per heavy atom. The summed E-state index contributed by atoms with van der Waals surface area (Å²) in [5.74, 6) is -0.921. The van der Waals surface area contributed by atoms with E-state index >= 15 is 0 Å². The van der Waals surface area contributed by atoms with Gasteiger partial charge in [0.15, 0.2) is 0 Å². The number of benzene rings is 1. The lowest BCUT2D eigenvalue weighted by molar-refractivity contribution is -0.126. The minimum atomic E-state index is -3.08. The van der Waals surface area contributed by atoms with Gasteiger partial charge in [-0.1, -0.05) is 17.7 Å². The monoisotopic (exact) mass is 349 g/mol. The number of hydrogen-bond acceptors (Lipinski definition) is 3. The summed E-state index contributed by atoms with van der Waals surface area (Å²) in [5, 5.41) is 2.99. The van der Waals surface area contributed by atoms with Gasteiger partial charge in [0.25, 0.3) is 0 Å². The van der Waals surface area contributed by atoms with Gasteiger partial charge >= 0.3 is 0 Å². The Morgan fingerprint density at radius 3 is 2.50 bits per heavy atom. The minimum absolute atomic E-state index is 0.00974. The molecule has 0 aliphatic heterocycles. The van der Waals surface area contributed by atoms with E-state index < -0.39 is 21.1 Å². The van der Waals surface area contributed by atoms with E-state index in [0.717, 1.165) is 6.26 Å². The largest absolute Gasteiger partial charge is 0.353 e. The first-order valence-corrected chi connectivity index (χ1v) is 9.31. The number of rotatable bonds is 6. The standard InChI is InChI=1S/C15H21ClFNO3S/c1-10(7-8-22(4,20)21)18-14(19)15(2,3)12-6-5-11(16)9-13(12)17/h5-6,9-10H,7-8H2,1-4H3,(H,18,19)/t10-/m1/s1. The maximum absolute atomic E-state index is 14.0. The molecule has 0 unspecified atom stereocenters. The average Bonchev–Trinajstić information content (AvgIpc) is 2.35. The molecule has 0 aliphatic carbocycles. The van der Waals surface area contributed by atoms with Crippen molar-refractivity contribution >= 4 is 27.3 Å². The molecule has 124 valence electrons. The molecule has 0 saturated carbocycles. The number of halogens is 2. The summed E-state index contributed by atoms with van der Waals surface area (Å²) in [5.41, 5.74) is -0.849. The molecule has 1 atom stereocenters. The highest BCUT2D eigenvalue weighted by Crippen LogP contribution is 2.28. The predicted octanol–water partition coefficient (Wildman–Crippen LogP) is 2.70. The van der Waals surface area contributed by atoms with Crippen molar-refractivity contribution in [1.82, 2.24) is 5.32 Å². The fourth-order valence-corrected chi connectivity index (χ4v) is 2.93. The van der Waals surface area contributed by atoms with Crippen LogP contribution in [0.15, 0.2) is 18.2 Å². The van der Waals surface area contributed by atoms with Gasteiger partial charge < -0.3 is 5.32 Å². The summed E-state index contributed by atoms with van der Waals surface area (Å²) < 4.78 is 36.3. The lowest BCUT2D eigenvalue weighted by Gasteiger charge is -2.27. The van der Waals surface area contributed by atoms with Crippen molar-refractivity contribution in [1.29, 1.82) is 0 Å². The summed E-state index contributed by atoms with van der Waals surface area (Å²) in [6.07, 6.45) is 1.46. The van der Waals surface area contributed by atoms with Gasteiger partial charge in [0.05, 0.1) is 11.2 Å². The van der Waals surface area contributed by atoms with Crippen molar-refractivity contribution in [3.63, 3.8) is 0 Å². The smallest absolute Gasteiger partial charge is 0.230 e. The lowest BCUT2D eigenvalue weighted by atomic mass is 9.83. The van der Waals surface area contributed by atoms with Crippen LogP contribution in [0.3, 0.4) is 0 Å². The summed E-state index contributed by atoms with van der Waals surface area (Å²) in [6, 6.07) is 3.86. The lowest BCUT2D eigenvalue weighted by Crippen LogP contribution is -2.45. The SMILES string of the molecule is C[C@H](CCS(C)(=O)=O)NC(=O)C(C)(C)c1ccc(Cl)cc1F. The number of carbonyl (C=O) groups is 1. The van der Waals surface area contributed by atoms with Crippen LogP contribution in [0.5, 0.6) is 0 Å². The molecule has 1 N–H and O–H groups in total. The molecule has 0 bridgehead atoms. The van der Waals surface area contributed by atoms with Crippen LogP contribution in [0, 0.1) is 5.82 Å². The molecule has 0 fully saturated rings. The van der Waals surface area contributed by atoms with Gasteiger partial charge in [0.2, 0.25) is 5.91 Å². The molecule has 1 aromatic rings. The van der Waals surface area contributed by atoms with E-state index in [2.05, 4.69) is 5.32 Å². The molecule has 0 saturated heterocycles. The molecule has 1 aromatic carbocycles. The second kappa shape index (κ2) is 6.96. The van der Waals surface area contributed by atoms with E-state index in [4.69, 9.17) is 11.6 Å². The van der Waals surface area contributed by atoms with E-state index in [-0.39, 0.29) is 28.3 Å². The van der Waals surface area contributed by atoms with E-state index in [1.54, 1.807) is 20.8 Å². The van der Waals surface area contributed by atoms with E-state index in [1.807, 2.05) is 0 Å². The fraction of sp³-hybridized carbons (Fsp3) is 0.533. The molecule has 1 amide bonds. The van der Waals surface area contributed by atoms with Crippen LogP contribution in [0.2, 0.25) is 5.02 Å². The Morgan fingerprint density at radius 2 is 2.00 bits per heavy atom. The number of amides is 1. The maximum atomic E-state index is 14.0. The third kappa shape index (κ3) is 5.25. The average molecular weight is 350 g/mol. The zero-order chi connectivity index (χ0) is 17.1.